The van der Waals surface area contributed by atoms with E-state index in [1.54, 1.807) is 25.1 Å². The molecule has 0 amide bonds. The number of carbonyl (C=O) groups is 1. The summed E-state index contributed by atoms with van der Waals surface area (Å²) in [6, 6.07) is 7.44. The van der Waals surface area contributed by atoms with Crippen molar-refractivity contribution in [2.24, 2.45) is 0 Å². The molecule has 1 heterocycles. The van der Waals surface area contributed by atoms with Gasteiger partial charge in [-0.25, -0.2) is 9.48 Å². The second kappa shape index (κ2) is 8.34. The van der Waals surface area contributed by atoms with Crippen molar-refractivity contribution in [3.05, 3.63) is 71.0 Å². The van der Waals surface area contributed by atoms with E-state index in [1.807, 2.05) is 22.6 Å². The second-order valence-electron chi connectivity index (χ2n) is 6.02. The molecule has 0 unspecified atom stereocenters. The molecule has 3 aromatic rings. The first-order valence-electron chi connectivity index (χ1n) is 8.41. The van der Waals surface area contributed by atoms with Crippen LogP contribution in [-0.2, 0) is 0 Å². The summed E-state index contributed by atoms with van der Waals surface area (Å²) in [6.07, 6.45) is 1.59. The van der Waals surface area contributed by atoms with E-state index >= 15 is 0 Å². The number of hydrogen-bond donors (Lipinski definition) is 2. The van der Waals surface area contributed by atoms with Gasteiger partial charge in [0.1, 0.15) is 5.75 Å². The third-order valence-electron chi connectivity index (χ3n) is 4.09. The SMILES string of the molecule is C=c1[nH]n(-c2ccc(Cl)c(C(=O)O)c2)c(=O)c1=Cc1cc(I)c([O-])c(OCC)c1. The van der Waals surface area contributed by atoms with Crippen LogP contribution in [-0.4, -0.2) is 27.5 Å². The summed E-state index contributed by atoms with van der Waals surface area (Å²) < 4.78 is 7.02. The second-order valence-corrected chi connectivity index (χ2v) is 7.59. The molecule has 7 nitrogen and oxygen atoms in total. The van der Waals surface area contributed by atoms with Crippen LogP contribution < -0.4 is 26.0 Å². The lowest BCUT2D eigenvalue weighted by Gasteiger charge is -2.16. The Kier molecular flexibility index (Phi) is 6.04. The summed E-state index contributed by atoms with van der Waals surface area (Å²) in [6.45, 7) is 5.97. The normalized spacial score (nSPS) is 11.6. The van der Waals surface area contributed by atoms with Crippen LogP contribution in [0.5, 0.6) is 11.5 Å². The molecule has 0 aliphatic carbocycles. The number of hydrogen-bond acceptors (Lipinski definition) is 4. The number of nitrogens with one attached hydrogen (secondary N) is 1. The van der Waals surface area contributed by atoms with Crippen LogP contribution in [0, 0.1) is 3.57 Å². The van der Waals surface area contributed by atoms with Gasteiger partial charge in [-0.2, -0.15) is 0 Å². The Morgan fingerprint density at radius 2 is 2.14 bits per heavy atom. The van der Waals surface area contributed by atoms with E-state index in [-0.39, 0.29) is 27.3 Å². The zero-order chi connectivity index (χ0) is 21.3. The molecule has 0 bridgehead atoms. The maximum absolute atomic E-state index is 12.9. The number of carboxylic acid groups (broad SMARTS) is 1. The molecule has 2 aromatic carbocycles. The molecule has 0 aliphatic heterocycles. The predicted molar refractivity (Wildman–Crippen MR) is 116 cm³/mol. The summed E-state index contributed by atoms with van der Waals surface area (Å²) >= 11 is 7.81. The van der Waals surface area contributed by atoms with E-state index in [1.165, 1.54) is 22.9 Å². The van der Waals surface area contributed by atoms with Crippen molar-refractivity contribution in [3.63, 3.8) is 0 Å². The molecule has 2 N–H and O–H groups in total. The fraction of sp³-hybridized carbons (Fsp3) is 0.100. The van der Waals surface area contributed by atoms with Gasteiger partial charge in [0.15, 0.2) is 0 Å². The summed E-state index contributed by atoms with van der Waals surface area (Å²) in [7, 11) is 0. The maximum atomic E-state index is 12.9. The van der Waals surface area contributed by atoms with E-state index in [0.29, 0.717) is 26.8 Å². The van der Waals surface area contributed by atoms with Crippen molar-refractivity contribution in [1.29, 1.82) is 0 Å². The highest BCUT2D eigenvalue weighted by molar-refractivity contribution is 14.1. The highest BCUT2D eigenvalue weighted by atomic mass is 127. The largest absolute Gasteiger partial charge is 0.869 e. The number of H-pyrrole nitrogens is 1. The molecule has 0 spiro atoms. The zero-order valence-electron chi connectivity index (χ0n) is 15.2. The molecule has 0 aliphatic rings. The molecular weight excluding hydrogens is 511 g/mol. The Morgan fingerprint density at radius 3 is 2.79 bits per heavy atom. The van der Waals surface area contributed by atoms with Crippen LogP contribution in [0.2, 0.25) is 5.02 Å². The first-order chi connectivity index (χ1) is 13.7. The average Bonchev–Trinajstić information content (AvgIpc) is 2.94. The number of benzene rings is 2. The molecule has 150 valence electrons. The van der Waals surface area contributed by atoms with Crippen molar-refractivity contribution in [1.82, 2.24) is 9.78 Å². The third-order valence-corrected chi connectivity index (χ3v) is 5.22. The molecule has 0 saturated heterocycles. The first-order valence-corrected chi connectivity index (χ1v) is 9.87. The fourth-order valence-corrected chi connectivity index (χ4v) is 3.57. The van der Waals surface area contributed by atoms with Gasteiger partial charge in [-0.15, -0.1) is 0 Å². The van der Waals surface area contributed by atoms with E-state index in [4.69, 9.17) is 16.3 Å². The minimum Gasteiger partial charge on any atom is -0.869 e. The lowest BCUT2D eigenvalue weighted by atomic mass is 10.1. The van der Waals surface area contributed by atoms with Gasteiger partial charge in [0.05, 0.1) is 33.4 Å². The van der Waals surface area contributed by atoms with Gasteiger partial charge in [-0.1, -0.05) is 23.9 Å². The number of halogens is 2. The summed E-state index contributed by atoms with van der Waals surface area (Å²) in [5, 5.41) is 24.9. The van der Waals surface area contributed by atoms with E-state index in [0.717, 1.165) is 0 Å². The molecule has 1 aromatic heterocycles. The topological polar surface area (TPSA) is 107 Å². The van der Waals surface area contributed by atoms with Crippen LogP contribution in [0.4, 0.5) is 0 Å². The van der Waals surface area contributed by atoms with Gasteiger partial charge < -0.3 is 14.9 Å². The van der Waals surface area contributed by atoms with Gasteiger partial charge in [-0.3, -0.25) is 9.89 Å². The van der Waals surface area contributed by atoms with Gasteiger partial charge in [0.25, 0.3) is 5.56 Å². The molecular formula is C20H15ClIN2O5-. The lowest BCUT2D eigenvalue weighted by Crippen LogP contribution is -2.34. The average molecular weight is 526 g/mol. The van der Waals surface area contributed by atoms with Crippen molar-refractivity contribution < 1.29 is 19.7 Å². The van der Waals surface area contributed by atoms with Crippen molar-refractivity contribution >= 4 is 52.8 Å². The van der Waals surface area contributed by atoms with Crippen LogP contribution in [0.25, 0.3) is 18.3 Å². The molecule has 0 radical (unpaired) electrons. The Balaban J connectivity index is 2.17. The number of rotatable bonds is 5. The fourth-order valence-electron chi connectivity index (χ4n) is 2.74. The van der Waals surface area contributed by atoms with E-state index < -0.39 is 11.5 Å². The minimum atomic E-state index is -1.20. The molecule has 9 heteroatoms. The maximum Gasteiger partial charge on any atom is 0.337 e. The number of aromatic carboxylic acids is 1. The Hall–Kier alpha value is -2.72. The third kappa shape index (κ3) is 4.18. The quantitative estimate of drug-likeness (QED) is 0.495. The minimum absolute atomic E-state index is 0.0678. The van der Waals surface area contributed by atoms with Crippen molar-refractivity contribution in [2.45, 2.75) is 6.92 Å². The Bertz CT molecular complexity index is 1280. The molecule has 0 fully saturated rings. The number of nitrogens with zero attached hydrogens (tertiary/aromatic N) is 1. The molecule has 29 heavy (non-hydrogen) atoms. The number of ether oxygens (including phenoxy) is 1. The zero-order valence-corrected chi connectivity index (χ0v) is 18.1. The molecule has 0 atom stereocenters. The van der Waals surface area contributed by atoms with Crippen LogP contribution in [0.15, 0.2) is 35.1 Å². The van der Waals surface area contributed by atoms with Crippen molar-refractivity contribution in [3.8, 4) is 17.2 Å². The van der Waals surface area contributed by atoms with Gasteiger partial charge in [-0.05, 0) is 71.5 Å². The summed E-state index contributed by atoms with van der Waals surface area (Å²) in [5.74, 6) is -1.21. The number of aromatic nitrogens is 2. The monoisotopic (exact) mass is 525 g/mol. The highest BCUT2D eigenvalue weighted by Crippen LogP contribution is 2.30. The van der Waals surface area contributed by atoms with Gasteiger partial charge >= 0.3 is 5.97 Å². The molecule has 3 rings (SSSR count). The predicted octanol–water partition coefficient (Wildman–Crippen LogP) is 1.83. The van der Waals surface area contributed by atoms with Crippen LogP contribution in [0.1, 0.15) is 22.8 Å². The standard InChI is InChI=1S/C20H16ClIN2O5/c1-3-29-17-8-11(7-16(22)18(17)25)6-13-10(2)23-24(19(13)26)12-4-5-15(21)14(9-12)20(27)28/h4-9,23,25H,2-3H2,1H3,(H,27,28)/p-1. The Labute approximate surface area is 183 Å². The molecule has 0 saturated carbocycles. The van der Waals surface area contributed by atoms with Gasteiger partial charge in [0.2, 0.25) is 0 Å². The number of aromatic amines is 1. The van der Waals surface area contributed by atoms with Crippen LogP contribution >= 0.6 is 34.2 Å². The summed E-state index contributed by atoms with van der Waals surface area (Å²) in [5.41, 5.74) is 0.366. The van der Waals surface area contributed by atoms with E-state index in [9.17, 15) is 19.8 Å². The van der Waals surface area contributed by atoms with Crippen molar-refractivity contribution in [2.75, 3.05) is 6.61 Å². The highest BCUT2D eigenvalue weighted by Gasteiger charge is 2.12. The van der Waals surface area contributed by atoms with Crippen LogP contribution in [0.3, 0.4) is 0 Å². The summed E-state index contributed by atoms with van der Waals surface area (Å²) in [4.78, 5) is 24.2. The first kappa shape index (κ1) is 21.0. The lowest BCUT2D eigenvalue weighted by molar-refractivity contribution is -0.271. The number of carboxylic acids is 1. The smallest absolute Gasteiger partial charge is 0.337 e. The van der Waals surface area contributed by atoms with Gasteiger partial charge in [0, 0.05) is 3.57 Å². The Morgan fingerprint density at radius 1 is 1.41 bits per heavy atom. The van der Waals surface area contributed by atoms with E-state index in [2.05, 4.69) is 11.7 Å².